The van der Waals surface area contributed by atoms with Gasteiger partial charge in [0.05, 0.1) is 0 Å². The summed E-state index contributed by atoms with van der Waals surface area (Å²) in [6.07, 6.45) is 2.67. The standard InChI is InChI=1S/C17H23NO2S4/c19-15(8-18-7-14-3-4-21-24-14)16-2-1-11-5-12-9-22-23-10-13(12)6-17(11)20-16/h5-6,14-16,18-19H,1-4,7-10H2. The van der Waals surface area contributed by atoms with Gasteiger partial charge >= 0.3 is 0 Å². The van der Waals surface area contributed by atoms with Gasteiger partial charge in [-0.25, -0.2) is 0 Å². The molecule has 0 radical (unpaired) electrons. The van der Waals surface area contributed by atoms with Gasteiger partial charge in [-0.05, 0) is 42.0 Å². The summed E-state index contributed by atoms with van der Waals surface area (Å²) in [4.78, 5) is 0. The fourth-order valence-electron chi connectivity index (χ4n) is 3.32. The Hall–Kier alpha value is 0.340. The number of fused-ring (bicyclic) bond motifs is 2. The molecule has 1 fully saturated rings. The minimum Gasteiger partial charge on any atom is -0.487 e. The number of hydrogen-bond donors (Lipinski definition) is 2. The van der Waals surface area contributed by atoms with Crippen LogP contribution in [0.3, 0.4) is 0 Å². The molecule has 1 aromatic carbocycles. The van der Waals surface area contributed by atoms with Crippen LogP contribution in [0.5, 0.6) is 5.75 Å². The molecule has 0 saturated carbocycles. The molecule has 4 rings (SSSR count). The number of aryl methyl sites for hydroxylation is 1. The van der Waals surface area contributed by atoms with Gasteiger partial charge in [0, 0.05) is 35.6 Å². The summed E-state index contributed by atoms with van der Waals surface area (Å²) in [5, 5.41) is 14.6. The first-order valence-corrected chi connectivity index (χ1v) is 13.4. The molecule has 1 aromatic rings. The van der Waals surface area contributed by atoms with Crippen LogP contribution in [0, 0.1) is 0 Å². The third-order valence-electron chi connectivity index (χ3n) is 4.75. The highest BCUT2D eigenvalue weighted by Gasteiger charge is 2.28. The topological polar surface area (TPSA) is 41.5 Å². The fraction of sp³-hybridized carbons (Fsp3) is 0.647. The largest absolute Gasteiger partial charge is 0.487 e. The molecule has 3 atom stereocenters. The van der Waals surface area contributed by atoms with E-state index in [1.807, 2.05) is 43.2 Å². The predicted molar refractivity (Wildman–Crippen MR) is 109 cm³/mol. The lowest BCUT2D eigenvalue weighted by molar-refractivity contribution is 0.0246. The quantitative estimate of drug-likeness (QED) is 0.726. The highest BCUT2D eigenvalue weighted by atomic mass is 33.1. The van der Waals surface area contributed by atoms with E-state index in [0.29, 0.717) is 11.8 Å². The Morgan fingerprint density at radius 1 is 1.12 bits per heavy atom. The smallest absolute Gasteiger partial charge is 0.126 e. The normalized spacial score (nSPS) is 27.2. The Labute approximate surface area is 159 Å². The molecule has 3 heterocycles. The molecule has 3 nitrogen and oxygen atoms in total. The Kier molecular flexibility index (Phi) is 6.17. The van der Waals surface area contributed by atoms with Crippen molar-refractivity contribution in [3.8, 4) is 5.75 Å². The number of benzene rings is 1. The second kappa shape index (κ2) is 8.35. The van der Waals surface area contributed by atoms with E-state index in [1.54, 1.807) is 0 Å². The summed E-state index contributed by atoms with van der Waals surface area (Å²) in [6.45, 7) is 1.61. The van der Waals surface area contributed by atoms with Gasteiger partial charge in [-0.15, -0.1) is 0 Å². The molecule has 1 saturated heterocycles. The minimum absolute atomic E-state index is 0.0840. The van der Waals surface area contributed by atoms with Crippen LogP contribution in [0.15, 0.2) is 12.1 Å². The van der Waals surface area contributed by atoms with Crippen LogP contribution in [-0.4, -0.2) is 41.4 Å². The van der Waals surface area contributed by atoms with Crippen LogP contribution in [0.2, 0.25) is 0 Å². The monoisotopic (exact) mass is 401 g/mol. The second-order valence-corrected chi connectivity index (χ2v) is 11.8. The maximum absolute atomic E-state index is 10.5. The van der Waals surface area contributed by atoms with Crippen molar-refractivity contribution in [2.45, 2.75) is 48.2 Å². The van der Waals surface area contributed by atoms with Crippen molar-refractivity contribution < 1.29 is 9.84 Å². The van der Waals surface area contributed by atoms with Crippen molar-refractivity contribution in [1.29, 1.82) is 0 Å². The molecule has 0 aliphatic carbocycles. The van der Waals surface area contributed by atoms with Crippen LogP contribution in [0.1, 0.15) is 29.5 Å². The summed E-state index contributed by atoms with van der Waals surface area (Å²) in [5.41, 5.74) is 4.19. The molecule has 2 N–H and O–H groups in total. The summed E-state index contributed by atoms with van der Waals surface area (Å²) >= 11 is 0. The van der Waals surface area contributed by atoms with Crippen LogP contribution in [0.25, 0.3) is 0 Å². The van der Waals surface area contributed by atoms with E-state index < -0.39 is 6.10 Å². The Morgan fingerprint density at radius 3 is 2.75 bits per heavy atom. The van der Waals surface area contributed by atoms with Gasteiger partial charge in [0.15, 0.2) is 0 Å². The molecule has 0 aromatic heterocycles. The lowest BCUT2D eigenvalue weighted by Crippen LogP contribution is -2.42. The first-order chi connectivity index (χ1) is 11.8. The number of rotatable bonds is 5. The number of ether oxygens (including phenoxy) is 1. The molecule has 0 amide bonds. The van der Waals surface area contributed by atoms with E-state index in [0.717, 1.165) is 36.6 Å². The first kappa shape index (κ1) is 17.7. The van der Waals surface area contributed by atoms with E-state index in [4.69, 9.17) is 4.74 Å². The zero-order valence-electron chi connectivity index (χ0n) is 13.5. The third kappa shape index (κ3) is 4.18. The maximum atomic E-state index is 10.5. The lowest BCUT2D eigenvalue weighted by atomic mass is 9.95. The zero-order valence-corrected chi connectivity index (χ0v) is 16.8. The predicted octanol–water partition coefficient (Wildman–Crippen LogP) is 3.88. The van der Waals surface area contributed by atoms with E-state index in [-0.39, 0.29) is 6.10 Å². The molecule has 24 heavy (non-hydrogen) atoms. The summed E-state index contributed by atoms with van der Waals surface area (Å²) < 4.78 is 6.17. The van der Waals surface area contributed by atoms with Crippen molar-refractivity contribution in [3.63, 3.8) is 0 Å². The Balaban J connectivity index is 1.33. The van der Waals surface area contributed by atoms with Gasteiger partial charge in [0.25, 0.3) is 0 Å². The molecule has 7 heteroatoms. The highest BCUT2D eigenvalue weighted by Crippen LogP contribution is 2.41. The molecule has 3 aliphatic heterocycles. The van der Waals surface area contributed by atoms with E-state index in [9.17, 15) is 5.11 Å². The maximum Gasteiger partial charge on any atom is 0.126 e. The first-order valence-electron chi connectivity index (χ1n) is 8.52. The Bertz CT molecular complexity index is 580. The fourth-order valence-corrected chi connectivity index (χ4v) is 8.41. The summed E-state index contributed by atoms with van der Waals surface area (Å²) in [6, 6.07) is 4.54. The molecule has 0 bridgehead atoms. The molecule has 3 aliphatic rings. The Morgan fingerprint density at radius 2 is 1.96 bits per heavy atom. The van der Waals surface area contributed by atoms with Gasteiger partial charge in [0.2, 0.25) is 0 Å². The zero-order chi connectivity index (χ0) is 16.4. The van der Waals surface area contributed by atoms with Crippen LogP contribution in [-0.2, 0) is 17.9 Å². The second-order valence-electron chi connectivity index (χ2n) is 6.50. The number of aliphatic hydroxyl groups is 1. The van der Waals surface area contributed by atoms with Crippen molar-refractivity contribution in [2.24, 2.45) is 0 Å². The molecular weight excluding hydrogens is 378 g/mol. The van der Waals surface area contributed by atoms with Gasteiger partial charge < -0.3 is 15.2 Å². The van der Waals surface area contributed by atoms with Crippen LogP contribution < -0.4 is 10.1 Å². The summed E-state index contributed by atoms with van der Waals surface area (Å²) in [5.74, 6) is 4.41. The SMILES string of the molecule is OC(CNCC1CCSS1)C1CCc2cc3c(cc2O1)CSSC3. The highest BCUT2D eigenvalue weighted by molar-refractivity contribution is 8.77. The van der Waals surface area contributed by atoms with Gasteiger partial charge in [0.1, 0.15) is 18.0 Å². The minimum atomic E-state index is -0.432. The molecule has 0 spiro atoms. The van der Waals surface area contributed by atoms with Gasteiger partial charge in [-0.2, -0.15) is 0 Å². The van der Waals surface area contributed by atoms with Crippen LogP contribution >= 0.6 is 43.2 Å². The van der Waals surface area contributed by atoms with Crippen molar-refractivity contribution in [3.05, 3.63) is 28.8 Å². The van der Waals surface area contributed by atoms with Gasteiger partial charge in [-0.1, -0.05) is 49.2 Å². The van der Waals surface area contributed by atoms with E-state index in [1.165, 1.54) is 28.9 Å². The van der Waals surface area contributed by atoms with Crippen molar-refractivity contribution in [2.75, 3.05) is 18.8 Å². The number of hydrogen-bond acceptors (Lipinski definition) is 7. The average molecular weight is 402 g/mol. The third-order valence-corrected chi connectivity index (χ3v) is 9.92. The number of aliphatic hydroxyl groups excluding tert-OH is 1. The van der Waals surface area contributed by atoms with E-state index in [2.05, 4.69) is 17.4 Å². The van der Waals surface area contributed by atoms with E-state index >= 15 is 0 Å². The van der Waals surface area contributed by atoms with Gasteiger partial charge in [-0.3, -0.25) is 0 Å². The number of nitrogens with one attached hydrogen (secondary N) is 1. The van der Waals surface area contributed by atoms with Crippen molar-refractivity contribution >= 4 is 43.2 Å². The molecule has 3 unspecified atom stereocenters. The van der Waals surface area contributed by atoms with Crippen molar-refractivity contribution in [1.82, 2.24) is 5.32 Å². The van der Waals surface area contributed by atoms with Crippen LogP contribution in [0.4, 0.5) is 0 Å². The summed E-state index contributed by atoms with van der Waals surface area (Å²) in [7, 11) is 7.78. The molecule has 132 valence electrons. The lowest BCUT2D eigenvalue weighted by Gasteiger charge is -2.31. The average Bonchev–Trinajstić information content (AvgIpc) is 3.12. The molecular formula is C17H23NO2S4.